The Kier molecular flexibility index (Phi) is 2.13. The van der Waals surface area contributed by atoms with E-state index >= 15 is 0 Å². The Morgan fingerprint density at radius 3 is 2.94 bits per heavy atom. The number of esters is 1. The molecule has 0 N–H and O–H groups in total. The molecular formula is C13H14O3. The van der Waals surface area contributed by atoms with Crippen LogP contribution in [0.15, 0.2) is 12.1 Å². The lowest BCUT2D eigenvalue weighted by atomic mass is 10.0. The molecule has 84 valence electrons. The van der Waals surface area contributed by atoms with Crippen molar-refractivity contribution in [3.05, 3.63) is 28.8 Å². The Morgan fingerprint density at radius 2 is 2.25 bits per heavy atom. The average molecular weight is 218 g/mol. The third kappa shape index (κ3) is 1.47. The Balaban J connectivity index is 2.07. The molecule has 0 atom stereocenters. The summed E-state index contributed by atoms with van der Waals surface area (Å²) in [4.78, 5) is 11.5. The zero-order valence-electron chi connectivity index (χ0n) is 9.29. The molecule has 0 unspecified atom stereocenters. The van der Waals surface area contributed by atoms with Gasteiger partial charge in [-0.25, -0.2) is 4.79 Å². The predicted molar refractivity (Wildman–Crippen MR) is 58.7 cm³/mol. The summed E-state index contributed by atoms with van der Waals surface area (Å²) < 4.78 is 10.6. The van der Waals surface area contributed by atoms with E-state index in [-0.39, 0.29) is 5.97 Å². The van der Waals surface area contributed by atoms with E-state index in [1.165, 1.54) is 18.4 Å². The lowest BCUT2D eigenvalue weighted by Crippen LogP contribution is -2.00. The fraction of sp³-hybridized carbons (Fsp3) is 0.462. The maximum atomic E-state index is 11.5. The second-order valence-corrected chi connectivity index (χ2v) is 4.33. The molecule has 1 aliphatic heterocycles. The van der Waals surface area contributed by atoms with E-state index in [2.05, 4.69) is 0 Å². The second-order valence-electron chi connectivity index (χ2n) is 4.33. The molecule has 0 spiro atoms. The van der Waals surface area contributed by atoms with E-state index in [1.54, 1.807) is 0 Å². The molecule has 1 aliphatic carbocycles. The number of benzene rings is 1. The molecule has 1 aromatic carbocycles. The zero-order chi connectivity index (χ0) is 11.1. The first-order valence-corrected chi connectivity index (χ1v) is 5.76. The van der Waals surface area contributed by atoms with Gasteiger partial charge in [-0.15, -0.1) is 0 Å². The first-order chi connectivity index (χ1) is 7.79. The number of hydrogen-bond donors (Lipinski definition) is 0. The highest BCUT2D eigenvalue weighted by Crippen LogP contribution is 2.45. The number of carbonyl (C=O) groups excluding carboxylic acids is 1. The van der Waals surface area contributed by atoms with Crippen LogP contribution in [0.25, 0.3) is 0 Å². The zero-order valence-corrected chi connectivity index (χ0v) is 9.29. The van der Waals surface area contributed by atoms with Gasteiger partial charge in [0.2, 0.25) is 0 Å². The standard InChI is InChI=1S/C13H14O3/c1-2-15-12-5-9-7-16-13(14)11(9)6-10(12)8-3-4-8/h5-6,8H,2-4,7H2,1H3. The van der Waals surface area contributed by atoms with Crippen molar-refractivity contribution < 1.29 is 14.3 Å². The Bertz CT molecular complexity index is 447. The number of carbonyl (C=O) groups is 1. The molecule has 0 radical (unpaired) electrons. The molecule has 0 amide bonds. The number of rotatable bonds is 3. The van der Waals surface area contributed by atoms with Gasteiger partial charge in [0, 0.05) is 5.56 Å². The van der Waals surface area contributed by atoms with E-state index in [0.29, 0.717) is 19.1 Å². The van der Waals surface area contributed by atoms with Crippen molar-refractivity contribution >= 4 is 5.97 Å². The molecule has 1 aromatic rings. The van der Waals surface area contributed by atoms with Gasteiger partial charge in [-0.3, -0.25) is 0 Å². The summed E-state index contributed by atoms with van der Waals surface area (Å²) in [6.07, 6.45) is 2.40. The van der Waals surface area contributed by atoms with Gasteiger partial charge in [-0.1, -0.05) is 0 Å². The number of fused-ring (bicyclic) bond motifs is 1. The summed E-state index contributed by atoms with van der Waals surface area (Å²) in [7, 11) is 0. The minimum atomic E-state index is -0.194. The SMILES string of the molecule is CCOc1cc2c(cc1C1CC1)C(=O)OC2. The largest absolute Gasteiger partial charge is 0.494 e. The topological polar surface area (TPSA) is 35.5 Å². The normalized spacial score (nSPS) is 18.2. The van der Waals surface area contributed by atoms with Crippen LogP contribution in [0, 0.1) is 0 Å². The number of hydrogen-bond acceptors (Lipinski definition) is 3. The third-order valence-electron chi connectivity index (χ3n) is 3.13. The second kappa shape index (κ2) is 3.51. The van der Waals surface area contributed by atoms with Crippen LogP contribution in [-0.4, -0.2) is 12.6 Å². The highest BCUT2D eigenvalue weighted by molar-refractivity contribution is 5.94. The van der Waals surface area contributed by atoms with Gasteiger partial charge in [-0.05, 0) is 43.4 Å². The summed E-state index contributed by atoms with van der Waals surface area (Å²) >= 11 is 0. The summed E-state index contributed by atoms with van der Waals surface area (Å²) in [5.74, 6) is 1.32. The highest BCUT2D eigenvalue weighted by atomic mass is 16.5. The average Bonchev–Trinajstić information content (AvgIpc) is 3.05. The minimum Gasteiger partial charge on any atom is -0.494 e. The Morgan fingerprint density at radius 1 is 1.44 bits per heavy atom. The highest BCUT2D eigenvalue weighted by Gasteiger charge is 2.31. The molecule has 16 heavy (non-hydrogen) atoms. The van der Waals surface area contributed by atoms with Crippen LogP contribution in [0.5, 0.6) is 5.75 Å². The van der Waals surface area contributed by atoms with Crippen LogP contribution in [0.3, 0.4) is 0 Å². The lowest BCUT2D eigenvalue weighted by molar-refractivity contribution is 0.0535. The first-order valence-electron chi connectivity index (χ1n) is 5.76. The molecule has 0 saturated heterocycles. The smallest absolute Gasteiger partial charge is 0.338 e. The fourth-order valence-electron chi connectivity index (χ4n) is 2.16. The Labute approximate surface area is 94.4 Å². The molecule has 3 rings (SSSR count). The lowest BCUT2D eigenvalue weighted by Gasteiger charge is -2.10. The summed E-state index contributed by atoms with van der Waals surface area (Å²) in [5, 5.41) is 0. The molecule has 1 heterocycles. The molecule has 0 bridgehead atoms. The number of ether oxygens (including phenoxy) is 2. The van der Waals surface area contributed by atoms with Crippen LogP contribution >= 0.6 is 0 Å². The van der Waals surface area contributed by atoms with Gasteiger partial charge in [0.15, 0.2) is 0 Å². The van der Waals surface area contributed by atoms with Crippen molar-refractivity contribution in [1.82, 2.24) is 0 Å². The first kappa shape index (κ1) is 9.70. The van der Waals surface area contributed by atoms with Crippen LogP contribution < -0.4 is 4.74 Å². The quantitative estimate of drug-likeness (QED) is 0.731. The molecule has 1 saturated carbocycles. The number of cyclic esters (lactones) is 1. The van der Waals surface area contributed by atoms with Crippen molar-refractivity contribution in [3.8, 4) is 5.75 Å². The van der Waals surface area contributed by atoms with Gasteiger partial charge in [-0.2, -0.15) is 0 Å². The predicted octanol–water partition coefficient (Wildman–Crippen LogP) is 2.63. The summed E-state index contributed by atoms with van der Waals surface area (Å²) in [6.45, 7) is 3.03. The molecule has 3 heteroatoms. The van der Waals surface area contributed by atoms with E-state index in [4.69, 9.17) is 9.47 Å². The molecule has 0 aromatic heterocycles. The van der Waals surface area contributed by atoms with Crippen LogP contribution in [-0.2, 0) is 11.3 Å². The minimum absolute atomic E-state index is 0.194. The van der Waals surface area contributed by atoms with E-state index < -0.39 is 0 Å². The van der Waals surface area contributed by atoms with Crippen LogP contribution in [0.4, 0.5) is 0 Å². The van der Waals surface area contributed by atoms with Gasteiger partial charge < -0.3 is 9.47 Å². The van der Waals surface area contributed by atoms with E-state index in [0.717, 1.165) is 16.9 Å². The van der Waals surface area contributed by atoms with Gasteiger partial charge in [0.1, 0.15) is 12.4 Å². The van der Waals surface area contributed by atoms with Crippen molar-refractivity contribution in [2.24, 2.45) is 0 Å². The van der Waals surface area contributed by atoms with Crippen LogP contribution in [0.2, 0.25) is 0 Å². The van der Waals surface area contributed by atoms with Crippen molar-refractivity contribution in [2.45, 2.75) is 32.3 Å². The van der Waals surface area contributed by atoms with Gasteiger partial charge in [0.05, 0.1) is 12.2 Å². The van der Waals surface area contributed by atoms with Gasteiger partial charge in [0.25, 0.3) is 0 Å². The summed E-state index contributed by atoms with van der Waals surface area (Å²) in [6, 6.07) is 3.94. The maximum absolute atomic E-state index is 11.5. The van der Waals surface area contributed by atoms with E-state index in [1.807, 2.05) is 19.1 Å². The fourth-order valence-corrected chi connectivity index (χ4v) is 2.16. The molecular weight excluding hydrogens is 204 g/mol. The maximum Gasteiger partial charge on any atom is 0.338 e. The van der Waals surface area contributed by atoms with Crippen molar-refractivity contribution in [2.75, 3.05) is 6.61 Å². The van der Waals surface area contributed by atoms with Crippen molar-refractivity contribution in [1.29, 1.82) is 0 Å². The van der Waals surface area contributed by atoms with E-state index in [9.17, 15) is 4.79 Å². The Hall–Kier alpha value is -1.51. The third-order valence-corrected chi connectivity index (χ3v) is 3.13. The molecule has 2 aliphatic rings. The van der Waals surface area contributed by atoms with Gasteiger partial charge >= 0.3 is 5.97 Å². The summed E-state index contributed by atoms with van der Waals surface area (Å²) in [5.41, 5.74) is 2.86. The molecule has 3 nitrogen and oxygen atoms in total. The monoisotopic (exact) mass is 218 g/mol. The van der Waals surface area contributed by atoms with Crippen LogP contribution in [0.1, 0.15) is 47.2 Å². The van der Waals surface area contributed by atoms with Crippen molar-refractivity contribution in [3.63, 3.8) is 0 Å². The molecule has 1 fully saturated rings.